The lowest BCUT2D eigenvalue weighted by Crippen LogP contribution is -2.45. The van der Waals surface area contributed by atoms with Crippen molar-refractivity contribution in [2.24, 2.45) is 0 Å². The Labute approximate surface area is 64.8 Å². The largest absolute Gasteiger partial charge is 0.480 e. The van der Waals surface area contributed by atoms with E-state index >= 15 is 0 Å². The molecule has 0 aromatic heterocycles. The van der Waals surface area contributed by atoms with E-state index in [1.165, 1.54) is 4.90 Å². The number of carboxylic acid groups (broad SMARTS) is 1. The van der Waals surface area contributed by atoms with E-state index in [0.717, 1.165) is 0 Å². The number of likely N-dealkylation sites (tertiary alicyclic amines) is 1. The highest BCUT2D eigenvalue weighted by molar-refractivity contribution is 5.84. The van der Waals surface area contributed by atoms with Crippen molar-refractivity contribution in [3.05, 3.63) is 0 Å². The zero-order valence-corrected chi connectivity index (χ0v) is 6.41. The number of carbonyl (C=O) groups excluding carboxylic acids is 1. The molecule has 1 aliphatic heterocycles. The number of nitrogens with zero attached hydrogens (tertiary/aromatic N) is 1. The van der Waals surface area contributed by atoms with Gasteiger partial charge in [0.1, 0.15) is 6.04 Å². The molecule has 1 aliphatic rings. The molecule has 1 N–H and O–H groups in total. The van der Waals surface area contributed by atoms with Gasteiger partial charge in [0.05, 0.1) is 0 Å². The van der Waals surface area contributed by atoms with Gasteiger partial charge >= 0.3 is 5.97 Å². The SMILES string of the molecule is CN1C(=O)CCCC1C(=O)O. The highest BCUT2D eigenvalue weighted by atomic mass is 16.4. The second-order valence-electron chi connectivity index (χ2n) is 2.75. The Bertz CT molecular complexity index is 190. The van der Waals surface area contributed by atoms with Crippen LogP contribution in [0.3, 0.4) is 0 Å². The van der Waals surface area contributed by atoms with E-state index in [1.54, 1.807) is 7.05 Å². The maximum atomic E-state index is 11.0. The summed E-state index contributed by atoms with van der Waals surface area (Å²) in [5, 5.41) is 8.63. The van der Waals surface area contributed by atoms with Crippen molar-refractivity contribution >= 4 is 11.9 Å². The molecule has 1 atom stereocenters. The highest BCUT2D eigenvalue weighted by Crippen LogP contribution is 2.15. The Morgan fingerprint density at radius 3 is 2.82 bits per heavy atom. The van der Waals surface area contributed by atoms with Crippen LogP contribution in [0, 0.1) is 0 Å². The van der Waals surface area contributed by atoms with Gasteiger partial charge in [-0.25, -0.2) is 4.79 Å². The Morgan fingerprint density at radius 1 is 1.73 bits per heavy atom. The fourth-order valence-corrected chi connectivity index (χ4v) is 1.28. The topological polar surface area (TPSA) is 57.6 Å². The molecular weight excluding hydrogens is 146 g/mol. The molecule has 1 rings (SSSR count). The first-order chi connectivity index (χ1) is 5.13. The third kappa shape index (κ3) is 1.50. The van der Waals surface area contributed by atoms with Crippen LogP contribution >= 0.6 is 0 Å². The fraction of sp³-hybridized carbons (Fsp3) is 0.714. The quantitative estimate of drug-likeness (QED) is 0.586. The van der Waals surface area contributed by atoms with Crippen molar-refractivity contribution < 1.29 is 14.7 Å². The number of carboxylic acids is 1. The number of aliphatic carboxylic acids is 1. The monoisotopic (exact) mass is 157 g/mol. The molecule has 1 fully saturated rings. The number of piperidine rings is 1. The molecule has 1 amide bonds. The van der Waals surface area contributed by atoms with Gasteiger partial charge in [-0.05, 0) is 12.8 Å². The summed E-state index contributed by atoms with van der Waals surface area (Å²) < 4.78 is 0. The van der Waals surface area contributed by atoms with Crippen molar-refractivity contribution in [2.75, 3.05) is 7.05 Å². The molecule has 0 bridgehead atoms. The molecule has 0 saturated carbocycles. The van der Waals surface area contributed by atoms with Crippen LogP contribution in [0.5, 0.6) is 0 Å². The van der Waals surface area contributed by atoms with Gasteiger partial charge in [-0.1, -0.05) is 0 Å². The van der Waals surface area contributed by atoms with Crippen LogP contribution in [-0.2, 0) is 9.59 Å². The third-order valence-electron chi connectivity index (χ3n) is 2.01. The number of hydrogen-bond donors (Lipinski definition) is 1. The lowest BCUT2D eigenvalue weighted by Gasteiger charge is -2.28. The molecule has 62 valence electrons. The number of hydrogen-bond acceptors (Lipinski definition) is 2. The Hall–Kier alpha value is -1.06. The molecule has 4 nitrogen and oxygen atoms in total. The average molecular weight is 157 g/mol. The first kappa shape index (κ1) is 8.04. The van der Waals surface area contributed by atoms with Gasteiger partial charge in [0.2, 0.25) is 5.91 Å². The number of carbonyl (C=O) groups is 2. The second kappa shape index (κ2) is 2.90. The van der Waals surface area contributed by atoms with Crippen LogP contribution in [0.15, 0.2) is 0 Å². The summed E-state index contributed by atoms with van der Waals surface area (Å²) in [4.78, 5) is 22.8. The summed E-state index contributed by atoms with van der Waals surface area (Å²) in [6.45, 7) is 0. The van der Waals surface area contributed by atoms with Crippen LogP contribution in [-0.4, -0.2) is 35.0 Å². The maximum Gasteiger partial charge on any atom is 0.326 e. The molecule has 11 heavy (non-hydrogen) atoms. The zero-order chi connectivity index (χ0) is 8.43. The fourth-order valence-electron chi connectivity index (χ4n) is 1.28. The first-order valence-corrected chi connectivity index (χ1v) is 3.61. The van der Waals surface area contributed by atoms with Crippen LogP contribution in [0.25, 0.3) is 0 Å². The predicted octanol–water partition coefficient (Wildman–Crippen LogP) is 0.0819. The standard InChI is InChI=1S/C7H11NO3/c1-8-5(7(10)11)3-2-4-6(8)9/h5H,2-4H2,1H3,(H,10,11). The summed E-state index contributed by atoms with van der Waals surface area (Å²) in [6.07, 6.45) is 1.76. The Morgan fingerprint density at radius 2 is 2.36 bits per heavy atom. The van der Waals surface area contributed by atoms with Gasteiger partial charge in [-0.3, -0.25) is 4.79 Å². The predicted molar refractivity (Wildman–Crippen MR) is 38.0 cm³/mol. The molecule has 0 radical (unpaired) electrons. The van der Waals surface area contributed by atoms with Crippen LogP contribution in [0.4, 0.5) is 0 Å². The van der Waals surface area contributed by atoms with E-state index in [1.807, 2.05) is 0 Å². The molecular formula is C7H11NO3. The van der Waals surface area contributed by atoms with Crippen LogP contribution in [0.1, 0.15) is 19.3 Å². The Balaban J connectivity index is 2.65. The van der Waals surface area contributed by atoms with Gasteiger partial charge in [0.15, 0.2) is 0 Å². The smallest absolute Gasteiger partial charge is 0.326 e. The van der Waals surface area contributed by atoms with E-state index in [4.69, 9.17) is 5.11 Å². The summed E-state index contributed by atoms with van der Waals surface area (Å²) in [5.74, 6) is -0.968. The van der Waals surface area contributed by atoms with Crippen LogP contribution < -0.4 is 0 Å². The average Bonchev–Trinajstić information content (AvgIpc) is 1.94. The van der Waals surface area contributed by atoms with Crippen molar-refractivity contribution in [1.82, 2.24) is 4.90 Å². The molecule has 0 aliphatic carbocycles. The van der Waals surface area contributed by atoms with Crippen molar-refractivity contribution in [3.63, 3.8) is 0 Å². The maximum absolute atomic E-state index is 11.0. The van der Waals surface area contributed by atoms with Gasteiger partial charge in [-0.2, -0.15) is 0 Å². The van der Waals surface area contributed by atoms with E-state index in [2.05, 4.69) is 0 Å². The van der Waals surface area contributed by atoms with E-state index in [9.17, 15) is 9.59 Å². The minimum Gasteiger partial charge on any atom is -0.480 e. The van der Waals surface area contributed by atoms with Crippen molar-refractivity contribution in [2.45, 2.75) is 25.3 Å². The van der Waals surface area contributed by atoms with E-state index in [0.29, 0.717) is 19.3 Å². The molecule has 0 aromatic carbocycles. The number of likely N-dealkylation sites (N-methyl/N-ethyl adjacent to an activating group) is 1. The van der Waals surface area contributed by atoms with Crippen LogP contribution in [0.2, 0.25) is 0 Å². The summed E-state index contributed by atoms with van der Waals surface area (Å²) in [6, 6.07) is -0.601. The molecule has 1 unspecified atom stereocenters. The molecule has 0 aromatic rings. The minimum absolute atomic E-state index is 0.0661. The number of rotatable bonds is 1. The molecule has 0 spiro atoms. The summed E-state index contributed by atoms with van der Waals surface area (Å²) in [7, 11) is 1.54. The van der Waals surface area contributed by atoms with E-state index in [-0.39, 0.29) is 5.91 Å². The van der Waals surface area contributed by atoms with Gasteiger partial charge in [-0.15, -0.1) is 0 Å². The summed E-state index contributed by atoms with van der Waals surface area (Å²) >= 11 is 0. The van der Waals surface area contributed by atoms with Crippen molar-refractivity contribution in [3.8, 4) is 0 Å². The van der Waals surface area contributed by atoms with Gasteiger partial charge < -0.3 is 10.0 Å². The van der Waals surface area contributed by atoms with E-state index < -0.39 is 12.0 Å². The summed E-state index contributed by atoms with van der Waals surface area (Å²) in [5.41, 5.74) is 0. The third-order valence-corrected chi connectivity index (χ3v) is 2.01. The second-order valence-corrected chi connectivity index (χ2v) is 2.75. The Kier molecular flexibility index (Phi) is 2.12. The van der Waals surface area contributed by atoms with Gasteiger partial charge in [0.25, 0.3) is 0 Å². The van der Waals surface area contributed by atoms with Gasteiger partial charge in [0, 0.05) is 13.5 Å². The number of amides is 1. The normalized spacial score (nSPS) is 25.4. The highest BCUT2D eigenvalue weighted by Gasteiger charge is 2.29. The lowest BCUT2D eigenvalue weighted by atomic mass is 10.0. The molecule has 1 saturated heterocycles. The minimum atomic E-state index is -0.902. The molecule has 1 heterocycles. The lowest BCUT2D eigenvalue weighted by molar-refractivity contribution is -0.151. The van der Waals surface area contributed by atoms with Crippen molar-refractivity contribution in [1.29, 1.82) is 0 Å². The molecule has 4 heteroatoms. The zero-order valence-electron chi connectivity index (χ0n) is 6.41. The first-order valence-electron chi connectivity index (χ1n) is 3.61.